The summed E-state index contributed by atoms with van der Waals surface area (Å²) in [6.45, 7) is 5.96. The third-order valence-electron chi connectivity index (χ3n) is 3.72. The Labute approximate surface area is 146 Å². The van der Waals surface area contributed by atoms with Crippen LogP contribution in [0, 0.1) is 5.41 Å². The van der Waals surface area contributed by atoms with Gasteiger partial charge in [-0.05, 0) is 22.9 Å². The van der Waals surface area contributed by atoms with Crippen LogP contribution in [0.3, 0.4) is 0 Å². The molecule has 8 heteroatoms. The van der Waals surface area contributed by atoms with Gasteiger partial charge < -0.3 is 9.88 Å². The number of nitrogens with one attached hydrogen (secondary N) is 2. The first-order valence-electron chi connectivity index (χ1n) is 7.50. The summed E-state index contributed by atoms with van der Waals surface area (Å²) in [5.41, 5.74) is -0.00243. The van der Waals surface area contributed by atoms with Crippen molar-refractivity contribution in [3.8, 4) is 0 Å². The number of sulfonamides is 1. The van der Waals surface area contributed by atoms with Crippen molar-refractivity contribution in [1.82, 2.24) is 14.6 Å². The molecule has 2 aromatic heterocycles. The van der Waals surface area contributed by atoms with Crippen molar-refractivity contribution in [2.24, 2.45) is 12.5 Å². The standard InChI is InChI=1S/C16H23N3O3S2/c1-16(2,3)14(13-7-6-8-23-13)18-24(21,22)11-9-12(15(20)17-4)19(5)10-11/h6-10,14,18H,1-5H3,(H,17,20)/t14-/m1/s1. The van der Waals surface area contributed by atoms with E-state index < -0.39 is 10.0 Å². The SMILES string of the molecule is CNC(=O)c1cc(S(=O)(=O)N[C@H](c2cccs2)C(C)(C)C)cn1C. The lowest BCUT2D eigenvalue weighted by molar-refractivity contribution is 0.0955. The Bertz CT molecular complexity index is 815. The number of amides is 1. The number of hydrogen-bond donors (Lipinski definition) is 2. The number of nitrogens with zero attached hydrogens (tertiary/aromatic N) is 1. The fourth-order valence-electron chi connectivity index (χ4n) is 2.38. The van der Waals surface area contributed by atoms with Crippen molar-refractivity contribution in [2.75, 3.05) is 7.05 Å². The van der Waals surface area contributed by atoms with Crippen molar-refractivity contribution in [3.63, 3.8) is 0 Å². The summed E-state index contributed by atoms with van der Waals surface area (Å²) in [4.78, 5) is 12.8. The number of aryl methyl sites for hydroxylation is 1. The quantitative estimate of drug-likeness (QED) is 0.850. The Hall–Kier alpha value is -1.64. The summed E-state index contributed by atoms with van der Waals surface area (Å²) in [5.74, 6) is -0.329. The molecule has 1 atom stereocenters. The Kier molecular flexibility index (Phi) is 5.22. The van der Waals surface area contributed by atoms with Gasteiger partial charge in [-0.2, -0.15) is 0 Å². The predicted molar refractivity (Wildman–Crippen MR) is 95.6 cm³/mol. The van der Waals surface area contributed by atoms with Crippen molar-refractivity contribution >= 4 is 27.3 Å². The van der Waals surface area contributed by atoms with Crippen LogP contribution in [0.2, 0.25) is 0 Å². The third kappa shape index (κ3) is 3.88. The van der Waals surface area contributed by atoms with E-state index in [4.69, 9.17) is 0 Å². The Morgan fingerprint density at radius 2 is 2.00 bits per heavy atom. The number of rotatable bonds is 5. The number of aromatic nitrogens is 1. The molecule has 0 aromatic carbocycles. The predicted octanol–water partition coefficient (Wildman–Crippen LogP) is 2.51. The van der Waals surface area contributed by atoms with E-state index in [0.29, 0.717) is 5.69 Å². The van der Waals surface area contributed by atoms with Crippen LogP contribution in [0.4, 0.5) is 0 Å². The molecule has 0 saturated carbocycles. The van der Waals surface area contributed by atoms with Gasteiger partial charge in [0, 0.05) is 25.2 Å². The fraction of sp³-hybridized carbons (Fsp3) is 0.438. The van der Waals surface area contributed by atoms with Crippen LogP contribution in [0.1, 0.15) is 42.2 Å². The van der Waals surface area contributed by atoms with Crippen LogP contribution in [-0.4, -0.2) is 25.9 Å². The van der Waals surface area contributed by atoms with E-state index in [1.54, 1.807) is 7.05 Å². The molecule has 0 radical (unpaired) electrons. The zero-order chi connectivity index (χ0) is 18.1. The lowest BCUT2D eigenvalue weighted by Gasteiger charge is -2.30. The second-order valence-electron chi connectivity index (χ2n) is 6.69. The van der Waals surface area contributed by atoms with E-state index in [1.165, 1.54) is 35.2 Å². The zero-order valence-electron chi connectivity index (χ0n) is 14.5. The molecule has 6 nitrogen and oxygen atoms in total. The summed E-state index contributed by atoms with van der Waals surface area (Å²) >= 11 is 1.51. The number of carbonyl (C=O) groups excluding carboxylic acids is 1. The van der Waals surface area contributed by atoms with Crippen LogP contribution in [0.15, 0.2) is 34.7 Å². The third-order valence-corrected chi connectivity index (χ3v) is 6.04. The molecular formula is C16H23N3O3S2. The number of carbonyl (C=O) groups is 1. The molecule has 24 heavy (non-hydrogen) atoms. The van der Waals surface area contributed by atoms with Crippen LogP contribution in [0.25, 0.3) is 0 Å². The molecule has 0 spiro atoms. The normalized spacial score (nSPS) is 13.7. The maximum atomic E-state index is 12.8. The Morgan fingerprint density at radius 1 is 1.33 bits per heavy atom. The topological polar surface area (TPSA) is 80.2 Å². The van der Waals surface area contributed by atoms with Gasteiger partial charge in [0.1, 0.15) is 10.6 Å². The van der Waals surface area contributed by atoms with Crippen LogP contribution >= 0.6 is 11.3 Å². The first-order valence-corrected chi connectivity index (χ1v) is 9.86. The number of hydrogen-bond acceptors (Lipinski definition) is 4. The van der Waals surface area contributed by atoms with Gasteiger partial charge in [0.15, 0.2) is 0 Å². The average molecular weight is 370 g/mol. The van der Waals surface area contributed by atoms with E-state index in [-0.39, 0.29) is 22.3 Å². The molecule has 1 amide bonds. The van der Waals surface area contributed by atoms with Gasteiger partial charge in [-0.15, -0.1) is 11.3 Å². The molecule has 2 heterocycles. The van der Waals surface area contributed by atoms with Gasteiger partial charge in [0.05, 0.1) is 6.04 Å². The Balaban J connectivity index is 2.38. The van der Waals surface area contributed by atoms with Crippen LogP contribution in [0.5, 0.6) is 0 Å². The summed E-state index contributed by atoms with van der Waals surface area (Å²) < 4.78 is 29.9. The monoisotopic (exact) mass is 369 g/mol. The van der Waals surface area contributed by atoms with Gasteiger partial charge in [-0.25, -0.2) is 13.1 Å². The minimum atomic E-state index is -3.76. The maximum absolute atomic E-state index is 12.8. The van der Waals surface area contributed by atoms with Gasteiger partial charge in [-0.1, -0.05) is 26.8 Å². The van der Waals surface area contributed by atoms with Crippen molar-refractivity contribution in [2.45, 2.75) is 31.7 Å². The van der Waals surface area contributed by atoms with Gasteiger partial charge in [0.2, 0.25) is 10.0 Å². The average Bonchev–Trinajstić information content (AvgIpc) is 3.12. The lowest BCUT2D eigenvalue weighted by atomic mass is 9.86. The summed E-state index contributed by atoms with van der Waals surface area (Å²) in [6, 6.07) is 4.85. The van der Waals surface area contributed by atoms with E-state index in [9.17, 15) is 13.2 Å². The molecule has 0 saturated heterocycles. The largest absolute Gasteiger partial charge is 0.354 e. The minimum Gasteiger partial charge on any atom is -0.354 e. The summed E-state index contributed by atoms with van der Waals surface area (Å²) in [6.07, 6.45) is 1.45. The van der Waals surface area contributed by atoms with Crippen LogP contribution in [-0.2, 0) is 17.1 Å². The molecule has 2 aromatic rings. The lowest BCUT2D eigenvalue weighted by Crippen LogP contribution is -2.36. The molecule has 2 N–H and O–H groups in total. The minimum absolute atomic E-state index is 0.0782. The fourth-order valence-corrected chi connectivity index (χ4v) is 4.96. The molecular weight excluding hydrogens is 346 g/mol. The highest BCUT2D eigenvalue weighted by Crippen LogP contribution is 2.36. The van der Waals surface area contributed by atoms with Crippen LogP contribution < -0.4 is 10.0 Å². The first kappa shape index (κ1) is 18.7. The zero-order valence-corrected chi connectivity index (χ0v) is 16.1. The summed E-state index contributed by atoms with van der Waals surface area (Å²) in [7, 11) is -0.605. The van der Waals surface area contributed by atoms with E-state index in [0.717, 1.165) is 4.88 Å². The highest BCUT2D eigenvalue weighted by atomic mass is 32.2. The molecule has 0 unspecified atom stereocenters. The smallest absolute Gasteiger partial charge is 0.267 e. The summed E-state index contributed by atoms with van der Waals surface area (Å²) in [5, 5.41) is 4.43. The molecule has 0 aliphatic carbocycles. The van der Waals surface area contributed by atoms with Gasteiger partial charge in [0.25, 0.3) is 5.91 Å². The van der Waals surface area contributed by atoms with Crippen molar-refractivity contribution in [3.05, 3.63) is 40.3 Å². The maximum Gasteiger partial charge on any atom is 0.267 e. The second kappa shape index (κ2) is 6.70. The molecule has 0 aliphatic rings. The van der Waals surface area contributed by atoms with E-state index >= 15 is 0 Å². The van der Waals surface area contributed by atoms with E-state index in [2.05, 4.69) is 10.0 Å². The Morgan fingerprint density at radius 3 is 2.50 bits per heavy atom. The molecule has 2 rings (SSSR count). The van der Waals surface area contributed by atoms with Crippen molar-refractivity contribution < 1.29 is 13.2 Å². The highest BCUT2D eigenvalue weighted by Gasteiger charge is 2.32. The highest BCUT2D eigenvalue weighted by molar-refractivity contribution is 7.89. The van der Waals surface area contributed by atoms with Gasteiger partial charge >= 0.3 is 0 Å². The molecule has 132 valence electrons. The van der Waals surface area contributed by atoms with E-state index in [1.807, 2.05) is 38.3 Å². The molecule has 0 bridgehead atoms. The molecule has 0 fully saturated rings. The second-order valence-corrected chi connectivity index (χ2v) is 9.38. The van der Waals surface area contributed by atoms with Crippen molar-refractivity contribution in [1.29, 1.82) is 0 Å². The first-order chi connectivity index (χ1) is 11.1. The van der Waals surface area contributed by atoms with Gasteiger partial charge in [-0.3, -0.25) is 4.79 Å². The molecule has 0 aliphatic heterocycles. The number of thiophene rings is 1.